The molecular weight excluding hydrogens is 174 g/mol. The molecule has 0 rings (SSSR count). The molecule has 0 fully saturated rings. The fraction of sp³-hybridized carbons (Fsp3) is 0.833. The number of hydrogen-bond acceptors (Lipinski definition) is 1. The molecule has 0 heterocycles. The van der Waals surface area contributed by atoms with E-state index in [1.54, 1.807) is 0 Å². The summed E-state index contributed by atoms with van der Waals surface area (Å²) in [5.41, 5.74) is 0. The summed E-state index contributed by atoms with van der Waals surface area (Å²) in [4.78, 5) is 0. The highest BCUT2D eigenvalue weighted by Crippen LogP contribution is 2.07. The first-order valence-corrected chi connectivity index (χ1v) is 5.66. The van der Waals surface area contributed by atoms with Crippen molar-refractivity contribution in [1.82, 2.24) is 0 Å². The van der Waals surface area contributed by atoms with Crippen molar-refractivity contribution in [3.05, 3.63) is 0 Å². The third kappa shape index (κ3) is 4.64. The lowest BCUT2D eigenvalue weighted by Crippen LogP contribution is -2.48. The highest BCUT2D eigenvalue weighted by molar-refractivity contribution is 4.98. The first kappa shape index (κ1) is 13.5. The molecule has 0 bridgehead atoms. The van der Waals surface area contributed by atoms with Crippen LogP contribution in [0.4, 0.5) is 0 Å². The van der Waals surface area contributed by atoms with Gasteiger partial charge in [0, 0.05) is 12.8 Å². The van der Waals surface area contributed by atoms with E-state index in [2.05, 4.69) is 32.6 Å². The summed E-state index contributed by atoms with van der Waals surface area (Å²) >= 11 is 0. The average molecular weight is 198 g/mol. The largest absolute Gasteiger partial charge is 0.384 e. The normalized spacial score (nSPS) is 10.9. The van der Waals surface area contributed by atoms with Gasteiger partial charge in [0.25, 0.3) is 0 Å². The van der Waals surface area contributed by atoms with Gasteiger partial charge in [-0.05, 0) is 20.8 Å². The Morgan fingerprint density at radius 3 is 2.00 bits per heavy atom. The second-order valence-corrected chi connectivity index (χ2v) is 3.63. The monoisotopic (exact) mass is 198 g/mol. The van der Waals surface area contributed by atoms with Crippen molar-refractivity contribution >= 4 is 0 Å². The second-order valence-electron chi connectivity index (χ2n) is 3.63. The molecule has 0 aliphatic rings. The van der Waals surface area contributed by atoms with E-state index in [-0.39, 0.29) is 6.61 Å². The molecule has 0 unspecified atom stereocenters. The minimum Gasteiger partial charge on any atom is -0.384 e. The van der Waals surface area contributed by atoms with Crippen molar-refractivity contribution in [2.45, 2.75) is 33.6 Å². The maximum absolute atomic E-state index is 8.49. The molecule has 0 saturated heterocycles. The summed E-state index contributed by atoms with van der Waals surface area (Å²) in [7, 11) is 0. The lowest BCUT2D eigenvalue weighted by atomic mass is 10.2. The predicted molar refractivity (Wildman–Crippen MR) is 60.8 cm³/mol. The Morgan fingerprint density at radius 2 is 1.57 bits per heavy atom. The molecule has 0 spiro atoms. The fourth-order valence-electron chi connectivity index (χ4n) is 1.79. The third-order valence-corrected chi connectivity index (χ3v) is 3.15. The van der Waals surface area contributed by atoms with Gasteiger partial charge in [0.15, 0.2) is 0 Å². The van der Waals surface area contributed by atoms with Crippen LogP contribution >= 0.6 is 0 Å². The number of aliphatic hydroxyl groups excluding tert-OH is 1. The van der Waals surface area contributed by atoms with Gasteiger partial charge in [0.1, 0.15) is 6.61 Å². The summed E-state index contributed by atoms with van der Waals surface area (Å²) < 4.78 is 1.20. The zero-order valence-corrected chi connectivity index (χ0v) is 9.84. The van der Waals surface area contributed by atoms with E-state index in [0.29, 0.717) is 0 Å². The van der Waals surface area contributed by atoms with E-state index in [9.17, 15) is 0 Å². The second kappa shape index (κ2) is 7.84. The molecule has 2 heteroatoms. The Morgan fingerprint density at radius 1 is 1.00 bits per heavy atom. The Labute approximate surface area is 88.5 Å². The third-order valence-electron chi connectivity index (χ3n) is 3.15. The van der Waals surface area contributed by atoms with Crippen LogP contribution in [0.25, 0.3) is 0 Å². The number of rotatable bonds is 6. The predicted octanol–water partition coefficient (Wildman–Crippen LogP) is 1.64. The van der Waals surface area contributed by atoms with Gasteiger partial charge in [0.05, 0.1) is 26.2 Å². The highest BCUT2D eigenvalue weighted by Gasteiger charge is 2.18. The molecule has 82 valence electrons. The Bertz CT molecular complexity index is 178. The van der Waals surface area contributed by atoms with E-state index in [1.807, 2.05) is 0 Å². The lowest BCUT2D eigenvalue weighted by Gasteiger charge is -2.35. The molecule has 2 nitrogen and oxygen atoms in total. The summed E-state index contributed by atoms with van der Waals surface area (Å²) in [6.07, 6.45) is 2.06. The van der Waals surface area contributed by atoms with Crippen molar-refractivity contribution in [2.75, 3.05) is 32.8 Å². The van der Waals surface area contributed by atoms with Crippen molar-refractivity contribution in [3.8, 4) is 11.8 Å². The minimum absolute atomic E-state index is 0.00463. The van der Waals surface area contributed by atoms with E-state index in [0.717, 1.165) is 12.8 Å². The van der Waals surface area contributed by atoms with Crippen LogP contribution in [0.1, 0.15) is 33.6 Å². The Balaban J connectivity index is 3.82. The molecule has 0 aliphatic heterocycles. The molecule has 0 aliphatic carbocycles. The number of nitrogens with zero attached hydrogens (tertiary/aromatic N) is 1. The maximum Gasteiger partial charge on any atom is 0.104 e. The molecular formula is C12H24NO+. The summed E-state index contributed by atoms with van der Waals surface area (Å²) in [6, 6.07) is 0. The molecule has 0 amide bonds. The Hall–Kier alpha value is -0.520. The first-order valence-electron chi connectivity index (χ1n) is 5.66. The average Bonchev–Trinajstić information content (AvgIpc) is 2.24. The smallest absolute Gasteiger partial charge is 0.104 e. The molecule has 14 heavy (non-hydrogen) atoms. The standard InChI is InChI=1S/C12H24NO/c1-4-13(5-2,6-3)11-9-7-8-10-12-14/h14H,4-7,9,11-12H2,1-3H3/q+1. The number of unbranched alkanes of at least 4 members (excludes halogenated alkanes) is 1. The molecule has 1 N–H and O–H groups in total. The maximum atomic E-state index is 8.49. The number of aliphatic hydroxyl groups is 1. The van der Waals surface area contributed by atoms with Gasteiger partial charge in [-0.2, -0.15) is 0 Å². The summed E-state index contributed by atoms with van der Waals surface area (Å²) in [5, 5.41) is 8.49. The SMILES string of the molecule is CC[N+](CC)(CC)CCCC#CCO. The zero-order valence-electron chi connectivity index (χ0n) is 9.84. The lowest BCUT2D eigenvalue weighted by molar-refractivity contribution is -0.923. The van der Waals surface area contributed by atoms with Crippen molar-refractivity contribution in [3.63, 3.8) is 0 Å². The quantitative estimate of drug-likeness (QED) is 0.391. The van der Waals surface area contributed by atoms with Gasteiger partial charge in [-0.25, -0.2) is 0 Å². The van der Waals surface area contributed by atoms with Crippen LogP contribution < -0.4 is 0 Å². The van der Waals surface area contributed by atoms with Crippen LogP contribution in [-0.4, -0.2) is 42.4 Å². The number of quaternary nitrogens is 1. The topological polar surface area (TPSA) is 20.2 Å². The van der Waals surface area contributed by atoms with E-state index in [1.165, 1.54) is 30.7 Å². The van der Waals surface area contributed by atoms with Crippen molar-refractivity contribution < 1.29 is 9.59 Å². The van der Waals surface area contributed by atoms with Gasteiger partial charge in [-0.1, -0.05) is 5.92 Å². The van der Waals surface area contributed by atoms with Crippen LogP contribution in [0.5, 0.6) is 0 Å². The van der Waals surface area contributed by atoms with Crippen LogP contribution in [0.2, 0.25) is 0 Å². The van der Waals surface area contributed by atoms with E-state index >= 15 is 0 Å². The van der Waals surface area contributed by atoms with Crippen molar-refractivity contribution in [1.29, 1.82) is 0 Å². The summed E-state index contributed by atoms with van der Waals surface area (Å²) in [5.74, 6) is 5.66. The van der Waals surface area contributed by atoms with E-state index in [4.69, 9.17) is 5.11 Å². The molecule has 0 aromatic rings. The van der Waals surface area contributed by atoms with Crippen molar-refractivity contribution in [2.24, 2.45) is 0 Å². The fourth-order valence-corrected chi connectivity index (χ4v) is 1.79. The van der Waals surface area contributed by atoms with Crippen LogP contribution in [-0.2, 0) is 0 Å². The van der Waals surface area contributed by atoms with E-state index < -0.39 is 0 Å². The zero-order chi connectivity index (χ0) is 10.9. The Kier molecular flexibility index (Phi) is 7.55. The van der Waals surface area contributed by atoms with Crippen LogP contribution in [0, 0.1) is 11.8 Å². The highest BCUT2D eigenvalue weighted by atomic mass is 16.2. The number of hydrogen-bond donors (Lipinski definition) is 1. The van der Waals surface area contributed by atoms with Gasteiger partial charge >= 0.3 is 0 Å². The molecule has 0 saturated carbocycles. The molecule has 0 radical (unpaired) electrons. The van der Waals surface area contributed by atoms with Gasteiger partial charge in [-0.3, -0.25) is 0 Å². The minimum atomic E-state index is -0.00463. The van der Waals surface area contributed by atoms with Gasteiger partial charge in [-0.15, -0.1) is 5.92 Å². The molecule has 0 aromatic carbocycles. The summed E-state index contributed by atoms with van der Waals surface area (Å²) in [6.45, 7) is 11.6. The van der Waals surface area contributed by atoms with Crippen LogP contribution in [0.3, 0.4) is 0 Å². The molecule has 0 atom stereocenters. The van der Waals surface area contributed by atoms with Gasteiger partial charge < -0.3 is 9.59 Å². The van der Waals surface area contributed by atoms with Gasteiger partial charge in [0.2, 0.25) is 0 Å². The van der Waals surface area contributed by atoms with Crippen LogP contribution in [0.15, 0.2) is 0 Å². The molecule has 0 aromatic heterocycles. The first-order chi connectivity index (χ1) is 6.74.